The van der Waals surface area contributed by atoms with Crippen molar-refractivity contribution in [3.8, 4) is 0 Å². The highest BCUT2D eigenvalue weighted by atomic mass is 35.5. The first-order valence-corrected chi connectivity index (χ1v) is 10.2. The zero-order chi connectivity index (χ0) is 19.7. The number of hydrogen-bond acceptors (Lipinski definition) is 4. The summed E-state index contributed by atoms with van der Waals surface area (Å²) in [5.74, 6) is -0.702. The van der Waals surface area contributed by atoms with Crippen molar-refractivity contribution in [3.05, 3.63) is 70.7 Å². The average molecular weight is 412 g/mol. The lowest BCUT2D eigenvalue weighted by Crippen LogP contribution is -2.34. The highest BCUT2D eigenvalue weighted by Gasteiger charge is 2.39. The molecule has 1 fully saturated rings. The van der Waals surface area contributed by atoms with Gasteiger partial charge in [-0.1, -0.05) is 41.9 Å². The van der Waals surface area contributed by atoms with Crippen LogP contribution in [0.1, 0.15) is 12.1 Å². The molecule has 1 saturated heterocycles. The van der Waals surface area contributed by atoms with Crippen LogP contribution in [0.15, 0.2) is 60.0 Å². The molecule has 0 spiro atoms. The Labute approximate surface area is 172 Å². The molecule has 28 heavy (non-hydrogen) atoms. The number of anilines is 3. The summed E-state index contributed by atoms with van der Waals surface area (Å²) in [5.41, 5.74) is 2.24. The average Bonchev–Trinajstić information content (AvgIpc) is 3.29. The fourth-order valence-electron chi connectivity index (χ4n) is 3.31. The van der Waals surface area contributed by atoms with E-state index in [-0.39, 0.29) is 18.2 Å². The molecule has 0 saturated carbocycles. The Hall–Kier alpha value is -2.70. The first kappa shape index (κ1) is 18.7. The van der Waals surface area contributed by atoms with Gasteiger partial charge >= 0.3 is 0 Å². The molecule has 0 N–H and O–H groups in total. The minimum absolute atomic E-state index is 0.102. The van der Waals surface area contributed by atoms with Gasteiger partial charge in [0.25, 0.3) is 0 Å². The molecular weight excluding hydrogens is 394 g/mol. The third-order valence-electron chi connectivity index (χ3n) is 4.65. The monoisotopic (exact) mass is 411 g/mol. The lowest BCUT2D eigenvalue weighted by atomic mass is 10.1. The van der Waals surface area contributed by atoms with Gasteiger partial charge < -0.3 is 4.90 Å². The summed E-state index contributed by atoms with van der Waals surface area (Å²) in [6.45, 7) is 2.20. The third kappa shape index (κ3) is 3.53. The number of rotatable bonds is 4. The van der Waals surface area contributed by atoms with E-state index < -0.39 is 5.92 Å². The second-order valence-corrected chi connectivity index (χ2v) is 7.88. The van der Waals surface area contributed by atoms with Crippen LogP contribution in [0, 0.1) is 12.8 Å². The fourth-order valence-corrected chi connectivity index (χ4v) is 4.38. The van der Waals surface area contributed by atoms with Gasteiger partial charge in [0.05, 0.1) is 28.0 Å². The van der Waals surface area contributed by atoms with Gasteiger partial charge in [-0.2, -0.15) is 0 Å². The van der Waals surface area contributed by atoms with Gasteiger partial charge in [0, 0.05) is 18.3 Å². The predicted molar refractivity (Wildman–Crippen MR) is 112 cm³/mol. The Balaban J connectivity index is 1.65. The molecule has 2 aromatic carbocycles. The number of carbonyl (C=O) groups excluding carboxylic acids is 2. The summed E-state index contributed by atoms with van der Waals surface area (Å²) in [7, 11) is 0. The van der Waals surface area contributed by atoms with Crippen LogP contribution >= 0.6 is 22.9 Å². The summed E-state index contributed by atoms with van der Waals surface area (Å²) in [5, 5.41) is 3.02. The van der Waals surface area contributed by atoms with E-state index in [4.69, 9.17) is 11.6 Å². The quantitative estimate of drug-likeness (QED) is 0.618. The minimum Gasteiger partial charge on any atom is -0.310 e. The Morgan fingerprint density at radius 2 is 1.89 bits per heavy atom. The Morgan fingerprint density at radius 1 is 1.18 bits per heavy atom. The highest BCUT2D eigenvalue weighted by Crippen LogP contribution is 2.35. The van der Waals surface area contributed by atoms with Crippen molar-refractivity contribution in [2.45, 2.75) is 13.3 Å². The largest absolute Gasteiger partial charge is 0.310 e. The zero-order valence-corrected chi connectivity index (χ0v) is 16.8. The van der Waals surface area contributed by atoms with Gasteiger partial charge in [-0.3, -0.25) is 14.5 Å². The smallest absolute Gasteiger partial charge is 0.238 e. The summed E-state index contributed by atoms with van der Waals surface area (Å²) in [6, 6.07) is 16.6. The standard InChI is InChI=1S/C21H18ClN3O2S/c1-14-13-28-21(23-14)25(16-7-3-2-4-8-16)20(27)15-11-19(26)24(12-15)18-10-6-5-9-17(18)22/h2-10,13,15H,11-12H2,1H3. The number of aromatic nitrogens is 1. The first-order chi connectivity index (χ1) is 13.5. The van der Waals surface area contributed by atoms with Crippen molar-refractivity contribution >= 4 is 51.3 Å². The van der Waals surface area contributed by atoms with Crippen LogP contribution in [-0.2, 0) is 9.59 Å². The summed E-state index contributed by atoms with van der Waals surface area (Å²) >= 11 is 7.67. The van der Waals surface area contributed by atoms with Crippen molar-refractivity contribution in [1.29, 1.82) is 0 Å². The molecule has 0 aliphatic carbocycles. The molecule has 1 aliphatic heterocycles. The molecule has 4 rings (SSSR count). The van der Waals surface area contributed by atoms with E-state index in [0.29, 0.717) is 22.4 Å². The molecule has 1 aromatic heterocycles. The molecule has 142 valence electrons. The van der Waals surface area contributed by atoms with Crippen LogP contribution < -0.4 is 9.80 Å². The maximum absolute atomic E-state index is 13.4. The molecule has 7 heteroatoms. The normalized spacial score (nSPS) is 16.4. The molecule has 0 radical (unpaired) electrons. The Morgan fingerprint density at radius 3 is 2.57 bits per heavy atom. The van der Waals surface area contributed by atoms with Crippen molar-refractivity contribution in [2.24, 2.45) is 5.92 Å². The zero-order valence-electron chi connectivity index (χ0n) is 15.2. The molecule has 0 bridgehead atoms. The number of thiazole rings is 1. The van der Waals surface area contributed by atoms with Crippen LogP contribution in [0.4, 0.5) is 16.5 Å². The summed E-state index contributed by atoms with van der Waals surface area (Å²) in [4.78, 5) is 33.8. The molecular formula is C21H18ClN3O2S. The molecule has 2 amide bonds. The predicted octanol–water partition coefficient (Wildman–Crippen LogP) is 4.82. The van der Waals surface area contributed by atoms with Crippen LogP contribution in [0.25, 0.3) is 0 Å². The molecule has 1 unspecified atom stereocenters. The minimum atomic E-state index is -0.465. The topological polar surface area (TPSA) is 53.5 Å². The number of benzene rings is 2. The van der Waals surface area contributed by atoms with E-state index >= 15 is 0 Å². The van der Waals surface area contributed by atoms with Gasteiger partial charge in [0.2, 0.25) is 11.8 Å². The molecule has 2 heterocycles. The van der Waals surface area contributed by atoms with Crippen molar-refractivity contribution in [2.75, 3.05) is 16.3 Å². The van der Waals surface area contributed by atoms with E-state index in [1.807, 2.05) is 54.8 Å². The SMILES string of the molecule is Cc1csc(N(C(=O)C2CC(=O)N(c3ccccc3Cl)C2)c2ccccc2)n1. The van der Waals surface area contributed by atoms with E-state index in [1.54, 1.807) is 21.9 Å². The maximum atomic E-state index is 13.4. The first-order valence-electron chi connectivity index (χ1n) is 8.90. The van der Waals surface area contributed by atoms with Gasteiger partial charge in [0.15, 0.2) is 5.13 Å². The lowest BCUT2D eigenvalue weighted by Gasteiger charge is -2.23. The maximum Gasteiger partial charge on any atom is 0.238 e. The lowest BCUT2D eigenvalue weighted by molar-refractivity contribution is -0.123. The van der Waals surface area contributed by atoms with Crippen LogP contribution in [0.3, 0.4) is 0 Å². The number of hydrogen-bond donors (Lipinski definition) is 0. The molecule has 3 aromatic rings. The highest BCUT2D eigenvalue weighted by molar-refractivity contribution is 7.14. The van der Waals surface area contributed by atoms with E-state index in [9.17, 15) is 9.59 Å². The van der Waals surface area contributed by atoms with Crippen molar-refractivity contribution in [3.63, 3.8) is 0 Å². The van der Waals surface area contributed by atoms with Crippen LogP contribution in [0.2, 0.25) is 5.02 Å². The van der Waals surface area contributed by atoms with Crippen molar-refractivity contribution < 1.29 is 9.59 Å². The van der Waals surface area contributed by atoms with E-state index in [2.05, 4.69) is 4.98 Å². The molecule has 5 nitrogen and oxygen atoms in total. The second-order valence-electron chi connectivity index (χ2n) is 6.64. The van der Waals surface area contributed by atoms with Crippen LogP contribution in [0.5, 0.6) is 0 Å². The van der Waals surface area contributed by atoms with Gasteiger partial charge in [-0.05, 0) is 31.2 Å². The summed E-state index contributed by atoms with van der Waals surface area (Å²) in [6.07, 6.45) is 0.151. The number of carbonyl (C=O) groups is 2. The Bertz CT molecular complexity index is 1020. The second kappa shape index (κ2) is 7.73. The van der Waals surface area contributed by atoms with Gasteiger partial charge in [-0.15, -0.1) is 11.3 Å². The van der Waals surface area contributed by atoms with E-state index in [0.717, 1.165) is 11.4 Å². The van der Waals surface area contributed by atoms with E-state index in [1.165, 1.54) is 11.3 Å². The summed E-state index contributed by atoms with van der Waals surface area (Å²) < 4.78 is 0. The van der Waals surface area contributed by atoms with Crippen LogP contribution in [-0.4, -0.2) is 23.3 Å². The number of nitrogens with zero attached hydrogens (tertiary/aromatic N) is 3. The Kier molecular flexibility index (Phi) is 5.15. The number of para-hydroxylation sites is 2. The molecule has 1 atom stereocenters. The number of amides is 2. The number of halogens is 1. The van der Waals surface area contributed by atoms with Gasteiger partial charge in [-0.25, -0.2) is 4.98 Å². The third-order valence-corrected chi connectivity index (χ3v) is 5.91. The van der Waals surface area contributed by atoms with Crippen molar-refractivity contribution in [1.82, 2.24) is 4.98 Å². The molecule has 1 aliphatic rings. The number of aryl methyl sites for hydroxylation is 1. The van der Waals surface area contributed by atoms with Gasteiger partial charge in [0.1, 0.15) is 0 Å². The fraction of sp³-hybridized carbons (Fsp3) is 0.190.